The van der Waals surface area contributed by atoms with Crippen molar-refractivity contribution in [2.75, 3.05) is 14.2 Å². The maximum atomic E-state index is 5.55. The van der Waals surface area contributed by atoms with Gasteiger partial charge in [0, 0.05) is 19.2 Å². The number of rotatable bonds is 6. The summed E-state index contributed by atoms with van der Waals surface area (Å²) >= 11 is 3.50. The van der Waals surface area contributed by atoms with Crippen molar-refractivity contribution in [2.45, 2.75) is 13.1 Å². The monoisotopic (exact) mass is 428 g/mol. The van der Waals surface area contributed by atoms with E-state index in [0.29, 0.717) is 24.9 Å². The minimum Gasteiger partial charge on any atom is -0.496 e. The number of benzene rings is 2. The van der Waals surface area contributed by atoms with Gasteiger partial charge < -0.3 is 19.8 Å². The van der Waals surface area contributed by atoms with Crippen LogP contribution in [0, 0.1) is 0 Å². The van der Waals surface area contributed by atoms with E-state index >= 15 is 0 Å². The van der Waals surface area contributed by atoms with E-state index in [1.807, 2.05) is 48.5 Å². The number of hydrogen-bond acceptors (Lipinski definition) is 4. The average molecular weight is 429 g/mol. The maximum absolute atomic E-state index is 5.55. The molecule has 0 amide bonds. The third kappa shape index (κ3) is 5.10. The molecule has 0 saturated carbocycles. The molecule has 0 aliphatic heterocycles. The lowest BCUT2D eigenvalue weighted by molar-refractivity contribution is 0.412. The first-order valence-electron chi connectivity index (χ1n) is 8.46. The number of aromatic nitrogens is 1. The predicted molar refractivity (Wildman–Crippen MR) is 110 cm³/mol. The molecule has 0 unspecified atom stereocenters. The number of nitrogens with one attached hydrogen (secondary N) is 2. The summed E-state index contributed by atoms with van der Waals surface area (Å²) in [7, 11) is 3.38. The second kappa shape index (κ2) is 9.23. The van der Waals surface area contributed by atoms with Crippen molar-refractivity contribution in [1.82, 2.24) is 15.6 Å². The molecule has 0 aliphatic carbocycles. The van der Waals surface area contributed by atoms with Gasteiger partial charge in [-0.15, -0.1) is 0 Å². The van der Waals surface area contributed by atoms with Gasteiger partial charge in [-0.25, -0.2) is 4.98 Å². The summed E-state index contributed by atoms with van der Waals surface area (Å²) in [4.78, 5) is 8.74. The molecule has 0 fully saturated rings. The van der Waals surface area contributed by atoms with Gasteiger partial charge in [-0.05, 0) is 45.8 Å². The second-order valence-corrected chi connectivity index (χ2v) is 6.61. The molecule has 2 N–H and O–H groups in total. The minimum absolute atomic E-state index is 0.516. The Morgan fingerprint density at radius 1 is 1.15 bits per heavy atom. The number of halogens is 1. The Morgan fingerprint density at radius 3 is 2.63 bits per heavy atom. The molecule has 7 heteroatoms. The fourth-order valence-electron chi connectivity index (χ4n) is 2.50. The Kier molecular flexibility index (Phi) is 6.49. The van der Waals surface area contributed by atoms with Crippen LogP contribution in [0.4, 0.5) is 0 Å². The number of ether oxygens (including phenoxy) is 1. The lowest BCUT2D eigenvalue weighted by atomic mass is 10.2. The highest BCUT2D eigenvalue weighted by atomic mass is 79.9. The zero-order valence-electron chi connectivity index (χ0n) is 15.2. The van der Waals surface area contributed by atoms with Crippen LogP contribution < -0.4 is 15.4 Å². The molecule has 1 heterocycles. The van der Waals surface area contributed by atoms with Gasteiger partial charge in [0.05, 0.1) is 23.8 Å². The Labute approximate surface area is 166 Å². The van der Waals surface area contributed by atoms with Crippen molar-refractivity contribution < 1.29 is 9.15 Å². The summed E-state index contributed by atoms with van der Waals surface area (Å²) in [6.45, 7) is 1.15. The van der Waals surface area contributed by atoms with Crippen LogP contribution in [-0.4, -0.2) is 25.1 Å². The highest BCUT2D eigenvalue weighted by Gasteiger charge is 2.07. The van der Waals surface area contributed by atoms with Gasteiger partial charge in [0.1, 0.15) is 12.0 Å². The third-order valence-electron chi connectivity index (χ3n) is 3.91. The number of oxazole rings is 1. The van der Waals surface area contributed by atoms with Crippen molar-refractivity contribution >= 4 is 21.9 Å². The van der Waals surface area contributed by atoms with Crippen LogP contribution in [0.1, 0.15) is 11.3 Å². The maximum Gasteiger partial charge on any atom is 0.226 e. The Balaban J connectivity index is 1.54. The van der Waals surface area contributed by atoms with E-state index in [1.165, 1.54) is 0 Å². The fourth-order valence-corrected chi connectivity index (χ4v) is 3.09. The van der Waals surface area contributed by atoms with Crippen molar-refractivity contribution in [3.05, 3.63) is 70.5 Å². The first-order chi connectivity index (χ1) is 13.2. The first kappa shape index (κ1) is 19.0. The van der Waals surface area contributed by atoms with E-state index in [2.05, 4.69) is 36.5 Å². The van der Waals surface area contributed by atoms with E-state index in [4.69, 9.17) is 9.15 Å². The summed E-state index contributed by atoms with van der Waals surface area (Å²) in [5.74, 6) is 2.10. The number of nitrogens with zero attached hydrogens (tertiary/aromatic N) is 2. The highest BCUT2D eigenvalue weighted by molar-refractivity contribution is 9.10. The fraction of sp³-hybridized carbons (Fsp3) is 0.200. The number of methoxy groups -OCH3 is 1. The molecular formula is C20H21BrN4O2. The predicted octanol–water partition coefficient (Wildman–Crippen LogP) is 3.98. The number of hydrogen-bond donors (Lipinski definition) is 2. The minimum atomic E-state index is 0.516. The molecule has 0 atom stereocenters. The van der Waals surface area contributed by atoms with Gasteiger partial charge in [-0.3, -0.25) is 4.99 Å². The van der Waals surface area contributed by atoms with Gasteiger partial charge >= 0.3 is 0 Å². The lowest BCUT2D eigenvalue weighted by Crippen LogP contribution is -2.36. The van der Waals surface area contributed by atoms with E-state index < -0.39 is 0 Å². The smallest absolute Gasteiger partial charge is 0.226 e. The molecule has 27 heavy (non-hydrogen) atoms. The summed E-state index contributed by atoms with van der Waals surface area (Å²) in [5.41, 5.74) is 2.87. The topological polar surface area (TPSA) is 71.7 Å². The summed E-state index contributed by atoms with van der Waals surface area (Å²) in [6.07, 6.45) is 1.66. The van der Waals surface area contributed by atoms with Crippen LogP contribution in [-0.2, 0) is 13.1 Å². The van der Waals surface area contributed by atoms with E-state index in [1.54, 1.807) is 20.4 Å². The Morgan fingerprint density at radius 2 is 1.93 bits per heavy atom. The van der Waals surface area contributed by atoms with Crippen LogP contribution in [0.25, 0.3) is 11.5 Å². The van der Waals surface area contributed by atoms with Crippen LogP contribution in [0.5, 0.6) is 5.75 Å². The van der Waals surface area contributed by atoms with Crippen LogP contribution in [0.15, 0.2) is 68.7 Å². The summed E-state index contributed by atoms with van der Waals surface area (Å²) in [6, 6.07) is 15.8. The molecule has 3 aromatic rings. The third-order valence-corrected chi connectivity index (χ3v) is 4.53. The molecule has 0 bridgehead atoms. The molecule has 0 aliphatic rings. The van der Waals surface area contributed by atoms with Crippen molar-refractivity contribution in [3.63, 3.8) is 0 Å². The van der Waals surface area contributed by atoms with Gasteiger partial charge in [0.2, 0.25) is 5.89 Å². The Hall–Kier alpha value is -2.80. The molecule has 3 rings (SSSR count). The van der Waals surface area contributed by atoms with Crippen molar-refractivity contribution in [2.24, 2.45) is 4.99 Å². The molecule has 1 aromatic heterocycles. The van der Waals surface area contributed by atoms with Gasteiger partial charge in [-0.1, -0.05) is 24.3 Å². The molecule has 140 valence electrons. The molecular weight excluding hydrogens is 408 g/mol. The zero-order chi connectivity index (χ0) is 19.1. The second-order valence-electron chi connectivity index (χ2n) is 5.76. The summed E-state index contributed by atoms with van der Waals surface area (Å²) < 4.78 is 11.7. The lowest BCUT2D eigenvalue weighted by Gasteiger charge is -2.12. The standard InChI is InChI=1S/C20H21BrN4O2/c1-22-20(23-11-14-8-9-18(26-2)17(21)10-14)24-12-16-13-27-19(25-16)15-6-4-3-5-7-15/h3-10,13H,11-12H2,1-2H3,(H2,22,23,24). The van der Waals surface area contributed by atoms with Gasteiger partial charge in [-0.2, -0.15) is 0 Å². The summed E-state index contributed by atoms with van der Waals surface area (Å²) in [5, 5.41) is 6.52. The van der Waals surface area contributed by atoms with Crippen molar-refractivity contribution in [1.29, 1.82) is 0 Å². The SMILES string of the molecule is CN=C(NCc1ccc(OC)c(Br)c1)NCc1coc(-c2ccccc2)n1. The normalized spacial score (nSPS) is 11.3. The Bertz CT molecular complexity index is 909. The molecule has 2 aromatic carbocycles. The van der Waals surface area contributed by atoms with E-state index in [9.17, 15) is 0 Å². The zero-order valence-corrected chi connectivity index (χ0v) is 16.8. The largest absolute Gasteiger partial charge is 0.496 e. The number of guanidine groups is 1. The average Bonchev–Trinajstić information content (AvgIpc) is 3.18. The molecule has 0 radical (unpaired) electrons. The van der Waals surface area contributed by atoms with E-state index in [-0.39, 0.29) is 0 Å². The van der Waals surface area contributed by atoms with Crippen LogP contribution in [0.2, 0.25) is 0 Å². The van der Waals surface area contributed by atoms with Crippen LogP contribution in [0.3, 0.4) is 0 Å². The van der Waals surface area contributed by atoms with E-state index in [0.717, 1.165) is 27.0 Å². The molecule has 0 spiro atoms. The van der Waals surface area contributed by atoms with Crippen molar-refractivity contribution in [3.8, 4) is 17.2 Å². The van der Waals surface area contributed by atoms with Gasteiger partial charge in [0.25, 0.3) is 0 Å². The molecule has 0 saturated heterocycles. The number of aliphatic imine (C=N–C) groups is 1. The van der Waals surface area contributed by atoms with Crippen LogP contribution >= 0.6 is 15.9 Å². The van der Waals surface area contributed by atoms with Gasteiger partial charge in [0.15, 0.2) is 5.96 Å². The first-order valence-corrected chi connectivity index (χ1v) is 9.25. The highest BCUT2D eigenvalue weighted by Crippen LogP contribution is 2.25. The quantitative estimate of drug-likeness (QED) is 0.458. The molecule has 6 nitrogen and oxygen atoms in total.